The molecular weight excluding hydrogens is 757 g/mol. The van der Waals surface area contributed by atoms with Gasteiger partial charge in [0.2, 0.25) is 0 Å². The van der Waals surface area contributed by atoms with E-state index in [1.807, 2.05) is 0 Å². The zero-order valence-corrected chi connectivity index (χ0v) is 37.5. The van der Waals surface area contributed by atoms with Crippen LogP contribution in [0.5, 0.6) is 0 Å². The van der Waals surface area contributed by atoms with Crippen LogP contribution < -0.4 is 20.2 Å². The van der Waals surface area contributed by atoms with Gasteiger partial charge in [0.1, 0.15) is 0 Å². The number of hydrogen-bond acceptors (Lipinski definition) is 2. The zero-order valence-electron chi connectivity index (χ0n) is 35.5. The third kappa shape index (κ3) is 8.09. The van der Waals surface area contributed by atoms with E-state index in [0.29, 0.717) is 0 Å². The quantitative estimate of drug-likeness (QED) is 0.100. The van der Waals surface area contributed by atoms with E-state index in [4.69, 9.17) is 0 Å². The molecule has 2 nitrogen and oxygen atoms in total. The second kappa shape index (κ2) is 15.9. The fourth-order valence-corrected chi connectivity index (χ4v) is 10.6. The molecule has 294 valence electrons. The van der Waals surface area contributed by atoms with Gasteiger partial charge in [-0.3, -0.25) is 0 Å². The van der Waals surface area contributed by atoms with E-state index in [1.54, 1.807) is 0 Å². The first kappa shape index (κ1) is 39.0. The van der Waals surface area contributed by atoms with Crippen molar-refractivity contribution in [3.8, 4) is 22.3 Å². The van der Waals surface area contributed by atoms with Gasteiger partial charge in [0.05, 0.1) is 16.1 Å². The first-order chi connectivity index (χ1) is 29.0. The van der Waals surface area contributed by atoms with E-state index in [-0.39, 0.29) is 0 Å². The molecular formula is C56H52N2Si2. The molecule has 0 aromatic heterocycles. The van der Waals surface area contributed by atoms with E-state index < -0.39 is 16.1 Å². The van der Waals surface area contributed by atoms with E-state index in [1.165, 1.54) is 54.2 Å². The fourth-order valence-electron chi connectivity index (χ4n) is 8.23. The summed E-state index contributed by atoms with van der Waals surface area (Å²) in [4.78, 5) is 4.79. The number of hydrogen-bond donors (Lipinski definition) is 0. The summed E-state index contributed by atoms with van der Waals surface area (Å²) in [6.45, 7) is 14.4. The molecule has 0 saturated heterocycles. The standard InChI is InChI=1S/C56H52N2Si2/c1-59(2,3)55-33-29-51(30-34-55)57(49-23-17-43(18-24-49)41-13-9-7-10-14-41)53-27-21-45-38-48-40-54(28-22-46(48)37-47(45)39-53)58(52-31-35-56(36-32-52)60(4,5)6)50-25-19-44(20-26-50)42-15-11-8-12-16-42/h7-40H,1-6H3. The van der Waals surface area contributed by atoms with Crippen LogP contribution in [0.1, 0.15) is 0 Å². The summed E-state index contributed by atoms with van der Waals surface area (Å²) in [5, 5.41) is 7.79. The molecule has 9 aromatic rings. The van der Waals surface area contributed by atoms with Gasteiger partial charge in [-0.25, -0.2) is 0 Å². The van der Waals surface area contributed by atoms with E-state index >= 15 is 0 Å². The molecule has 60 heavy (non-hydrogen) atoms. The highest BCUT2D eigenvalue weighted by molar-refractivity contribution is 6.89. The van der Waals surface area contributed by atoms with Crippen LogP contribution in [0.4, 0.5) is 34.1 Å². The lowest BCUT2D eigenvalue weighted by Gasteiger charge is -2.27. The Morgan fingerprint density at radius 3 is 0.850 bits per heavy atom. The smallest absolute Gasteiger partial charge is 0.0775 e. The lowest BCUT2D eigenvalue weighted by atomic mass is 10.0. The summed E-state index contributed by atoms with van der Waals surface area (Å²) in [5.74, 6) is 0. The summed E-state index contributed by atoms with van der Waals surface area (Å²) in [5.41, 5.74) is 11.7. The number of rotatable bonds is 10. The predicted octanol–water partition coefficient (Wildman–Crippen LogP) is 15.4. The Labute approximate surface area is 358 Å². The lowest BCUT2D eigenvalue weighted by Crippen LogP contribution is -2.37. The second-order valence-electron chi connectivity index (χ2n) is 18.0. The largest absolute Gasteiger partial charge is 0.310 e. The summed E-state index contributed by atoms with van der Waals surface area (Å²) in [7, 11) is -2.90. The Morgan fingerprint density at radius 2 is 0.533 bits per heavy atom. The molecule has 0 fully saturated rings. The molecule has 0 saturated carbocycles. The van der Waals surface area contributed by atoms with Gasteiger partial charge >= 0.3 is 0 Å². The molecule has 0 N–H and O–H groups in total. The van der Waals surface area contributed by atoms with E-state index in [9.17, 15) is 0 Å². The zero-order chi connectivity index (χ0) is 41.4. The maximum atomic E-state index is 2.41. The lowest BCUT2D eigenvalue weighted by molar-refractivity contribution is 1.29. The molecule has 9 aromatic carbocycles. The third-order valence-corrected chi connectivity index (χ3v) is 15.9. The molecule has 0 aliphatic heterocycles. The third-order valence-electron chi connectivity index (χ3n) is 11.7. The van der Waals surface area contributed by atoms with Gasteiger partial charge in [-0.05, 0) is 129 Å². The molecule has 0 unspecified atom stereocenters. The van der Waals surface area contributed by atoms with Gasteiger partial charge in [0.15, 0.2) is 0 Å². The number of anilines is 6. The van der Waals surface area contributed by atoms with Crippen molar-refractivity contribution in [3.05, 3.63) is 206 Å². The average molecular weight is 809 g/mol. The van der Waals surface area contributed by atoms with Gasteiger partial charge in [-0.2, -0.15) is 0 Å². The van der Waals surface area contributed by atoms with Crippen LogP contribution in [0, 0.1) is 0 Å². The van der Waals surface area contributed by atoms with Crippen molar-refractivity contribution in [2.45, 2.75) is 39.3 Å². The Morgan fingerprint density at radius 1 is 0.250 bits per heavy atom. The minimum Gasteiger partial charge on any atom is -0.310 e. The summed E-state index contributed by atoms with van der Waals surface area (Å²) in [6.07, 6.45) is 0. The van der Waals surface area contributed by atoms with Crippen LogP contribution in [0.2, 0.25) is 39.3 Å². The van der Waals surface area contributed by atoms with Crippen LogP contribution in [0.25, 0.3) is 43.8 Å². The van der Waals surface area contributed by atoms with Gasteiger partial charge in [0.25, 0.3) is 0 Å². The van der Waals surface area contributed by atoms with Crippen LogP contribution >= 0.6 is 0 Å². The molecule has 4 heteroatoms. The first-order valence-electron chi connectivity index (χ1n) is 21.1. The Kier molecular flexibility index (Phi) is 10.4. The molecule has 9 rings (SSSR count). The summed E-state index contributed by atoms with van der Waals surface area (Å²) >= 11 is 0. The van der Waals surface area contributed by atoms with Crippen molar-refractivity contribution in [2.24, 2.45) is 0 Å². The molecule has 0 radical (unpaired) electrons. The van der Waals surface area contributed by atoms with Crippen LogP contribution in [-0.4, -0.2) is 16.1 Å². The van der Waals surface area contributed by atoms with Crippen molar-refractivity contribution in [3.63, 3.8) is 0 Å². The predicted molar refractivity (Wildman–Crippen MR) is 268 cm³/mol. The van der Waals surface area contributed by atoms with Crippen molar-refractivity contribution in [2.75, 3.05) is 9.80 Å². The molecule has 0 amide bonds. The van der Waals surface area contributed by atoms with Crippen molar-refractivity contribution in [1.29, 1.82) is 0 Å². The molecule has 0 bridgehead atoms. The number of nitrogens with zero attached hydrogens (tertiary/aromatic N) is 2. The number of fused-ring (bicyclic) bond motifs is 2. The molecule has 0 heterocycles. The van der Waals surface area contributed by atoms with Crippen LogP contribution in [0.3, 0.4) is 0 Å². The van der Waals surface area contributed by atoms with Crippen LogP contribution in [-0.2, 0) is 0 Å². The SMILES string of the molecule is C[Si](C)(C)c1ccc(N(c2ccc(-c3ccccc3)cc2)c2ccc3cc4cc(N(c5ccc(-c6ccccc6)cc5)c5ccc([Si](C)(C)C)cc5)ccc4cc3c2)cc1. The average Bonchev–Trinajstić information content (AvgIpc) is 3.27. The van der Waals surface area contributed by atoms with Crippen molar-refractivity contribution < 1.29 is 0 Å². The normalized spacial score (nSPS) is 11.8. The highest BCUT2D eigenvalue weighted by Gasteiger charge is 2.20. The summed E-state index contributed by atoms with van der Waals surface area (Å²) in [6, 6.07) is 76.2. The van der Waals surface area contributed by atoms with E-state index in [0.717, 1.165) is 34.1 Å². The maximum absolute atomic E-state index is 2.41. The minimum absolute atomic E-state index is 1.13. The van der Waals surface area contributed by atoms with Crippen LogP contribution in [0.15, 0.2) is 206 Å². The molecule has 0 aliphatic carbocycles. The highest BCUT2D eigenvalue weighted by Crippen LogP contribution is 2.40. The maximum Gasteiger partial charge on any atom is 0.0775 e. The first-order valence-corrected chi connectivity index (χ1v) is 28.1. The monoisotopic (exact) mass is 808 g/mol. The van der Waals surface area contributed by atoms with E-state index in [2.05, 4.69) is 255 Å². The topological polar surface area (TPSA) is 6.48 Å². The van der Waals surface area contributed by atoms with Gasteiger partial charge < -0.3 is 9.80 Å². The Balaban J connectivity index is 1.10. The molecule has 0 atom stereocenters. The van der Waals surface area contributed by atoms with Gasteiger partial charge in [-0.15, -0.1) is 0 Å². The molecule has 0 aliphatic rings. The minimum atomic E-state index is -1.45. The fraction of sp³-hybridized carbons (Fsp3) is 0.107. The number of benzene rings is 9. The summed E-state index contributed by atoms with van der Waals surface area (Å²) < 4.78 is 0. The van der Waals surface area contributed by atoms with Crippen molar-refractivity contribution in [1.82, 2.24) is 0 Å². The van der Waals surface area contributed by atoms with Gasteiger partial charge in [-0.1, -0.05) is 171 Å². The Hall–Kier alpha value is -6.47. The Bertz CT molecular complexity index is 2690. The highest BCUT2D eigenvalue weighted by atomic mass is 28.3. The van der Waals surface area contributed by atoms with Gasteiger partial charge in [0, 0.05) is 34.1 Å². The molecule has 0 spiro atoms. The second-order valence-corrected chi connectivity index (χ2v) is 28.2. The van der Waals surface area contributed by atoms with Crippen molar-refractivity contribution >= 4 is 82.2 Å².